The molecule has 0 saturated carbocycles. The Morgan fingerprint density at radius 3 is 3.20 bits per heavy atom. The van der Waals surface area contributed by atoms with E-state index < -0.39 is 0 Å². The summed E-state index contributed by atoms with van der Waals surface area (Å²) in [5.41, 5.74) is 0.320. The van der Waals surface area contributed by atoms with E-state index in [0.29, 0.717) is 17.9 Å². The van der Waals surface area contributed by atoms with Crippen LogP contribution in [0.3, 0.4) is 0 Å². The van der Waals surface area contributed by atoms with Gasteiger partial charge in [0.05, 0.1) is 6.20 Å². The number of aromatic amines is 1. The third-order valence-corrected chi connectivity index (χ3v) is 1.81. The SMILES string of the molecule is CCCCNC(=O)Nc1[nH]ncc1C#N. The molecule has 0 aliphatic heterocycles. The molecule has 0 aliphatic carbocycles. The van der Waals surface area contributed by atoms with Crippen LogP contribution in [0.25, 0.3) is 0 Å². The Kier molecular flexibility index (Phi) is 4.16. The zero-order valence-corrected chi connectivity index (χ0v) is 8.50. The summed E-state index contributed by atoms with van der Waals surface area (Å²) in [5.74, 6) is 0.325. The number of rotatable bonds is 4. The van der Waals surface area contributed by atoms with Crippen molar-refractivity contribution in [2.45, 2.75) is 19.8 Å². The van der Waals surface area contributed by atoms with Crippen molar-refractivity contribution < 1.29 is 4.79 Å². The van der Waals surface area contributed by atoms with Gasteiger partial charge in [0, 0.05) is 6.54 Å². The van der Waals surface area contributed by atoms with E-state index in [1.807, 2.05) is 13.0 Å². The molecule has 2 amide bonds. The number of carbonyl (C=O) groups is 1. The first kappa shape index (κ1) is 11.0. The number of unbranched alkanes of at least 4 members (excludes halogenated alkanes) is 1. The van der Waals surface area contributed by atoms with E-state index in [2.05, 4.69) is 20.8 Å². The summed E-state index contributed by atoms with van der Waals surface area (Å²) in [6.45, 7) is 2.67. The Hall–Kier alpha value is -2.03. The Balaban J connectivity index is 2.42. The van der Waals surface area contributed by atoms with Gasteiger partial charge in [-0.05, 0) is 6.42 Å². The Bertz CT molecular complexity index is 365. The number of nitrogens with zero attached hydrogens (tertiary/aromatic N) is 2. The highest BCUT2D eigenvalue weighted by molar-refractivity contribution is 5.89. The third kappa shape index (κ3) is 3.31. The molecule has 6 nitrogen and oxygen atoms in total. The van der Waals surface area contributed by atoms with Gasteiger partial charge in [0.15, 0.2) is 0 Å². The summed E-state index contributed by atoms with van der Waals surface area (Å²) < 4.78 is 0. The van der Waals surface area contributed by atoms with Gasteiger partial charge >= 0.3 is 6.03 Å². The second kappa shape index (κ2) is 5.65. The van der Waals surface area contributed by atoms with E-state index in [0.717, 1.165) is 12.8 Å². The first-order chi connectivity index (χ1) is 7.27. The van der Waals surface area contributed by atoms with Crippen molar-refractivity contribution in [3.63, 3.8) is 0 Å². The molecule has 1 aromatic heterocycles. The summed E-state index contributed by atoms with van der Waals surface area (Å²) in [6, 6.07) is 1.58. The molecule has 1 aromatic rings. The fourth-order valence-electron chi connectivity index (χ4n) is 1.00. The maximum Gasteiger partial charge on any atom is 0.320 e. The number of urea groups is 1. The summed E-state index contributed by atoms with van der Waals surface area (Å²) in [4.78, 5) is 11.3. The molecular weight excluding hydrogens is 194 g/mol. The van der Waals surface area contributed by atoms with Crippen LogP contribution in [0, 0.1) is 11.3 Å². The number of hydrogen-bond donors (Lipinski definition) is 3. The highest BCUT2D eigenvalue weighted by Gasteiger charge is 2.07. The highest BCUT2D eigenvalue weighted by atomic mass is 16.2. The number of amides is 2. The molecule has 0 aromatic carbocycles. The molecule has 15 heavy (non-hydrogen) atoms. The number of anilines is 1. The second-order valence-corrected chi connectivity index (χ2v) is 3.00. The molecule has 1 rings (SSSR count). The summed E-state index contributed by atoms with van der Waals surface area (Å²) >= 11 is 0. The molecule has 1 heterocycles. The van der Waals surface area contributed by atoms with Crippen molar-refractivity contribution in [2.75, 3.05) is 11.9 Å². The van der Waals surface area contributed by atoms with Crippen LogP contribution >= 0.6 is 0 Å². The van der Waals surface area contributed by atoms with E-state index in [4.69, 9.17) is 5.26 Å². The van der Waals surface area contributed by atoms with E-state index in [1.54, 1.807) is 0 Å². The van der Waals surface area contributed by atoms with Gasteiger partial charge in [0.2, 0.25) is 0 Å². The fourth-order valence-corrected chi connectivity index (χ4v) is 1.00. The van der Waals surface area contributed by atoms with Crippen LogP contribution in [0.15, 0.2) is 6.20 Å². The van der Waals surface area contributed by atoms with E-state index in [9.17, 15) is 4.79 Å². The minimum atomic E-state index is -0.329. The maximum absolute atomic E-state index is 11.3. The van der Waals surface area contributed by atoms with Crippen LogP contribution < -0.4 is 10.6 Å². The average Bonchev–Trinajstić information content (AvgIpc) is 2.65. The van der Waals surface area contributed by atoms with Crippen LogP contribution in [0.2, 0.25) is 0 Å². The monoisotopic (exact) mass is 207 g/mol. The maximum atomic E-state index is 11.3. The third-order valence-electron chi connectivity index (χ3n) is 1.81. The molecule has 0 fully saturated rings. The zero-order chi connectivity index (χ0) is 11.1. The van der Waals surface area contributed by atoms with E-state index in [1.165, 1.54) is 6.20 Å². The number of hydrogen-bond acceptors (Lipinski definition) is 3. The summed E-state index contributed by atoms with van der Waals surface area (Å²) in [6.07, 6.45) is 3.32. The molecule has 80 valence electrons. The van der Waals surface area contributed by atoms with Crippen molar-refractivity contribution in [1.29, 1.82) is 5.26 Å². The lowest BCUT2D eigenvalue weighted by Crippen LogP contribution is -2.29. The van der Waals surface area contributed by atoms with Crippen molar-refractivity contribution >= 4 is 11.8 Å². The molecule has 6 heteroatoms. The number of aromatic nitrogens is 2. The highest BCUT2D eigenvalue weighted by Crippen LogP contribution is 2.07. The number of nitriles is 1. The summed E-state index contributed by atoms with van der Waals surface area (Å²) in [5, 5.41) is 20.0. The smallest absolute Gasteiger partial charge is 0.320 e. The Morgan fingerprint density at radius 1 is 1.73 bits per heavy atom. The van der Waals surface area contributed by atoms with Gasteiger partial charge in [0.1, 0.15) is 17.5 Å². The number of carbonyl (C=O) groups excluding carboxylic acids is 1. The van der Waals surface area contributed by atoms with Crippen molar-refractivity contribution in [3.05, 3.63) is 11.8 Å². The van der Waals surface area contributed by atoms with Gasteiger partial charge in [-0.25, -0.2) is 4.79 Å². The largest absolute Gasteiger partial charge is 0.338 e. The first-order valence-corrected chi connectivity index (χ1v) is 4.76. The molecule has 0 radical (unpaired) electrons. The Morgan fingerprint density at radius 2 is 2.53 bits per heavy atom. The van der Waals surface area contributed by atoms with Gasteiger partial charge in [-0.2, -0.15) is 10.4 Å². The minimum Gasteiger partial charge on any atom is -0.338 e. The molecule has 3 N–H and O–H groups in total. The second-order valence-electron chi connectivity index (χ2n) is 3.00. The van der Waals surface area contributed by atoms with Gasteiger partial charge in [-0.1, -0.05) is 13.3 Å². The van der Waals surface area contributed by atoms with Crippen LogP contribution in [0.1, 0.15) is 25.3 Å². The van der Waals surface area contributed by atoms with Crippen LogP contribution in [-0.2, 0) is 0 Å². The molecule has 0 aliphatic rings. The van der Waals surface area contributed by atoms with Crippen molar-refractivity contribution in [2.24, 2.45) is 0 Å². The number of H-pyrrole nitrogens is 1. The minimum absolute atomic E-state index is 0.320. The van der Waals surface area contributed by atoms with E-state index >= 15 is 0 Å². The molecule has 0 unspecified atom stereocenters. The first-order valence-electron chi connectivity index (χ1n) is 4.76. The van der Waals surface area contributed by atoms with Gasteiger partial charge < -0.3 is 5.32 Å². The molecule has 0 atom stereocenters. The molecule has 0 spiro atoms. The quantitative estimate of drug-likeness (QED) is 0.647. The predicted molar refractivity (Wildman–Crippen MR) is 55.2 cm³/mol. The Labute approximate surface area is 87.7 Å². The lowest BCUT2D eigenvalue weighted by molar-refractivity contribution is 0.252. The predicted octanol–water partition coefficient (Wildman–Crippen LogP) is 1.20. The number of nitrogens with one attached hydrogen (secondary N) is 3. The normalized spacial score (nSPS) is 9.33. The molecule has 0 bridgehead atoms. The van der Waals surface area contributed by atoms with Crippen LogP contribution in [0.5, 0.6) is 0 Å². The lowest BCUT2D eigenvalue weighted by Gasteiger charge is -2.04. The standard InChI is InChI=1S/C9H13N5O/c1-2-3-4-11-9(15)13-8-7(5-10)6-12-14-8/h6H,2-4H2,1H3,(H3,11,12,13,14,15). The average molecular weight is 207 g/mol. The topological polar surface area (TPSA) is 93.6 Å². The van der Waals surface area contributed by atoms with Crippen molar-refractivity contribution in [3.8, 4) is 6.07 Å². The zero-order valence-electron chi connectivity index (χ0n) is 8.50. The lowest BCUT2D eigenvalue weighted by atomic mass is 10.3. The summed E-state index contributed by atoms with van der Waals surface area (Å²) in [7, 11) is 0. The van der Waals surface area contributed by atoms with Crippen LogP contribution in [-0.4, -0.2) is 22.8 Å². The van der Waals surface area contributed by atoms with Gasteiger partial charge in [-0.15, -0.1) is 0 Å². The van der Waals surface area contributed by atoms with Crippen molar-refractivity contribution in [1.82, 2.24) is 15.5 Å². The van der Waals surface area contributed by atoms with Crippen LogP contribution in [0.4, 0.5) is 10.6 Å². The fraction of sp³-hybridized carbons (Fsp3) is 0.444. The van der Waals surface area contributed by atoms with Gasteiger partial charge in [0.25, 0.3) is 0 Å². The van der Waals surface area contributed by atoms with E-state index in [-0.39, 0.29) is 6.03 Å². The molecular formula is C9H13N5O. The molecule has 0 saturated heterocycles. The van der Waals surface area contributed by atoms with Gasteiger partial charge in [-0.3, -0.25) is 10.4 Å².